The van der Waals surface area contributed by atoms with E-state index in [1.807, 2.05) is 84.7 Å². The van der Waals surface area contributed by atoms with Gasteiger partial charge >= 0.3 is 0 Å². The average molecular weight is 383 g/mol. The van der Waals surface area contributed by atoms with E-state index in [2.05, 4.69) is 0 Å². The van der Waals surface area contributed by atoms with Crippen LogP contribution < -0.4 is 4.74 Å². The summed E-state index contributed by atoms with van der Waals surface area (Å²) < 4.78 is 8.86. The molecule has 0 atom stereocenters. The summed E-state index contributed by atoms with van der Waals surface area (Å²) in [5.41, 5.74) is 3.96. The molecule has 0 saturated carbocycles. The van der Waals surface area contributed by atoms with Gasteiger partial charge in [-0.2, -0.15) is 5.10 Å². The van der Waals surface area contributed by atoms with Crippen molar-refractivity contribution in [2.45, 2.75) is 0 Å². The van der Waals surface area contributed by atoms with Gasteiger partial charge in [0.1, 0.15) is 11.4 Å². The molecule has 0 spiro atoms. The van der Waals surface area contributed by atoms with Crippen LogP contribution in [0.5, 0.6) is 5.75 Å². The van der Waals surface area contributed by atoms with Crippen LogP contribution in [0.4, 0.5) is 0 Å². The number of aryl methyl sites for hydroxylation is 1. The molecule has 0 aliphatic carbocycles. The van der Waals surface area contributed by atoms with Crippen LogP contribution in [0, 0.1) is 0 Å². The van der Waals surface area contributed by atoms with Gasteiger partial charge in [-0.25, -0.2) is 4.68 Å². The van der Waals surface area contributed by atoms with Gasteiger partial charge < -0.3 is 9.30 Å². The van der Waals surface area contributed by atoms with E-state index in [1.165, 1.54) is 0 Å². The smallest absolute Gasteiger partial charge is 0.189 e. The number of rotatable bonds is 6. The van der Waals surface area contributed by atoms with E-state index in [0.29, 0.717) is 11.3 Å². The molecule has 0 fully saturated rings. The van der Waals surface area contributed by atoms with Crippen molar-refractivity contribution in [1.82, 2.24) is 14.3 Å². The lowest BCUT2D eigenvalue weighted by Crippen LogP contribution is -1.95. The molecule has 2 aromatic carbocycles. The Morgan fingerprint density at radius 2 is 1.76 bits per heavy atom. The Hall–Kier alpha value is -3.86. The molecule has 5 heteroatoms. The van der Waals surface area contributed by atoms with Crippen molar-refractivity contribution in [3.63, 3.8) is 0 Å². The molecule has 0 unspecified atom stereocenters. The van der Waals surface area contributed by atoms with Crippen LogP contribution in [0.25, 0.3) is 23.0 Å². The van der Waals surface area contributed by atoms with Crippen molar-refractivity contribution in [3.8, 4) is 22.7 Å². The maximum atomic E-state index is 13.0. The molecule has 5 nitrogen and oxygen atoms in total. The maximum Gasteiger partial charge on any atom is 0.189 e. The molecular weight excluding hydrogens is 362 g/mol. The second-order valence-electron chi connectivity index (χ2n) is 6.71. The molecule has 4 rings (SSSR count). The van der Waals surface area contributed by atoms with E-state index in [9.17, 15) is 4.79 Å². The quantitative estimate of drug-likeness (QED) is 0.356. The number of aromatic nitrogens is 3. The van der Waals surface area contributed by atoms with Crippen molar-refractivity contribution in [3.05, 3.63) is 96.5 Å². The van der Waals surface area contributed by atoms with Crippen LogP contribution >= 0.6 is 0 Å². The summed E-state index contributed by atoms with van der Waals surface area (Å²) in [7, 11) is 3.58. The number of carbonyl (C=O) groups excluding carboxylic acids is 1. The van der Waals surface area contributed by atoms with Gasteiger partial charge in [-0.15, -0.1) is 0 Å². The van der Waals surface area contributed by atoms with Gasteiger partial charge in [-0.05, 0) is 42.0 Å². The molecule has 0 amide bonds. The number of ketones is 1. The number of benzene rings is 2. The summed E-state index contributed by atoms with van der Waals surface area (Å²) in [6.07, 6.45) is 9.08. The maximum absolute atomic E-state index is 13.0. The predicted molar refractivity (Wildman–Crippen MR) is 114 cm³/mol. The van der Waals surface area contributed by atoms with Gasteiger partial charge in [0.05, 0.1) is 18.4 Å². The first-order chi connectivity index (χ1) is 14.1. The lowest BCUT2D eigenvalue weighted by molar-refractivity contribution is 0.104. The minimum Gasteiger partial charge on any atom is -0.497 e. The third kappa shape index (κ3) is 4.04. The predicted octanol–water partition coefficient (Wildman–Crippen LogP) is 4.78. The Bertz CT molecular complexity index is 1150. The van der Waals surface area contributed by atoms with Crippen molar-refractivity contribution >= 4 is 11.9 Å². The van der Waals surface area contributed by atoms with E-state index < -0.39 is 0 Å². The fourth-order valence-electron chi connectivity index (χ4n) is 3.10. The van der Waals surface area contributed by atoms with Crippen LogP contribution in [0.3, 0.4) is 0 Å². The largest absolute Gasteiger partial charge is 0.497 e. The van der Waals surface area contributed by atoms with Crippen molar-refractivity contribution in [2.75, 3.05) is 7.11 Å². The first-order valence-corrected chi connectivity index (χ1v) is 9.28. The highest BCUT2D eigenvalue weighted by atomic mass is 16.5. The number of carbonyl (C=O) groups is 1. The summed E-state index contributed by atoms with van der Waals surface area (Å²) in [5.74, 6) is 0.686. The second-order valence-corrected chi connectivity index (χ2v) is 6.71. The third-order valence-corrected chi connectivity index (χ3v) is 4.65. The van der Waals surface area contributed by atoms with Crippen LogP contribution in [-0.4, -0.2) is 27.2 Å². The van der Waals surface area contributed by atoms with Crippen molar-refractivity contribution in [1.29, 1.82) is 0 Å². The van der Waals surface area contributed by atoms with Gasteiger partial charge in [0.15, 0.2) is 5.78 Å². The molecule has 0 N–H and O–H groups in total. The normalized spacial score (nSPS) is 11.1. The minimum atomic E-state index is -0.0955. The highest BCUT2D eigenvalue weighted by molar-refractivity contribution is 6.10. The lowest BCUT2D eigenvalue weighted by atomic mass is 10.1. The molecule has 2 aromatic heterocycles. The zero-order chi connectivity index (χ0) is 20.2. The Balaban J connectivity index is 1.69. The van der Waals surface area contributed by atoms with Gasteiger partial charge in [-0.1, -0.05) is 36.4 Å². The molecule has 29 heavy (non-hydrogen) atoms. The number of allylic oxidation sites excluding steroid dienone is 1. The number of hydrogen-bond donors (Lipinski definition) is 0. The SMILES string of the molecule is COc1ccc(/C=C/C(=O)c2cn(-c3ccccc3)nc2-c2ccn(C)c2)cc1. The molecule has 0 bridgehead atoms. The van der Waals surface area contributed by atoms with Gasteiger partial charge in [0.2, 0.25) is 0 Å². The number of methoxy groups -OCH3 is 1. The topological polar surface area (TPSA) is 49.1 Å². The zero-order valence-electron chi connectivity index (χ0n) is 16.3. The third-order valence-electron chi connectivity index (χ3n) is 4.65. The van der Waals surface area contributed by atoms with E-state index in [4.69, 9.17) is 9.84 Å². The molecular formula is C24H21N3O2. The van der Waals surface area contributed by atoms with E-state index in [0.717, 1.165) is 22.6 Å². The number of para-hydroxylation sites is 1. The molecule has 2 heterocycles. The first-order valence-electron chi connectivity index (χ1n) is 9.28. The fraction of sp³-hybridized carbons (Fsp3) is 0.0833. The van der Waals surface area contributed by atoms with Gasteiger partial charge in [0, 0.05) is 31.2 Å². The van der Waals surface area contributed by atoms with Crippen molar-refractivity contribution < 1.29 is 9.53 Å². The van der Waals surface area contributed by atoms with Gasteiger partial charge in [0.25, 0.3) is 0 Å². The molecule has 0 aliphatic heterocycles. The van der Waals surface area contributed by atoms with E-state index >= 15 is 0 Å². The summed E-state index contributed by atoms with van der Waals surface area (Å²) >= 11 is 0. The van der Waals surface area contributed by atoms with E-state index in [-0.39, 0.29) is 5.78 Å². The monoisotopic (exact) mass is 383 g/mol. The number of nitrogens with zero attached hydrogens (tertiary/aromatic N) is 3. The average Bonchev–Trinajstić information content (AvgIpc) is 3.39. The molecule has 144 valence electrons. The Morgan fingerprint density at radius 3 is 2.41 bits per heavy atom. The number of ether oxygens (including phenoxy) is 1. The van der Waals surface area contributed by atoms with Crippen molar-refractivity contribution in [2.24, 2.45) is 7.05 Å². The van der Waals surface area contributed by atoms with Crippen LogP contribution in [-0.2, 0) is 7.05 Å². The molecule has 0 radical (unpaired) electrons. The Morgan fingerprint density at radius 1 is 1.00 bits per heavy atom. The Kier molecular flexibility index (Phi) is 5.12. The standard InChI is InChI=1S/C24H21N3O2/c1-26-15-14-19(16-26)24-22(17-27(25-24)20-6-4-3-5-7-20)23(28)13-10-18-8-11-21(29-2)12-9-18/h3-17H,1-2H3/b13-10+. The summed E-state index contributed by atoms with van der Waals surface area (Å²) in [5, 5.41) is 4.69. The Labute approximate surface area is 169 Å². The number of hydrogen-bond acceptors (Lipinski definition) is 3. The van der Waals surface area contributed by atoms with Crippen LogP contribution in [0.15, 0.2) is 85.3 Å². The first kappa shape index (κ1) is 18.5. The minimum absolute atomic E-state index is 0.0955. The summed E-state index contributed by atoms with van der Waals surface area (Å²) in [6.45, 7) is 0. The van der Waals surface area contributed by atoms with E-state index in [1.54, 1.807) is 30.1 Å². The van der Waals surface area contributed by atoms with Gasteiger partial charge in [-0.3, -0.25) is 4.79 Å². The molecule has 4 aromatic rings. The summed E-state index contributed by atoms with van der Waals surface area (Å²) in [6, 6.07) is 19.3. The lowest BCUT2D eigenvalue weighted by Gasteiger charge is -1.99. The summed E-state index contributed by atoms with van der Waals surface area (Å²) in [4.78, 5) is 13.0. The second kappa shape index (κ2) is 8.02. The highest BCUT2D eigenvalue weighted by Crippen LogP contribution is 2.25. The van der Waals surface area contributed by atoms with Crippen LogP contribution in [0.2, 0.25) is 0 Å². The fourth-order valence-corrected chi connectivity index (χ4v) is 3.10. The van der Waals surface area contributed by atoms with Crippen LogP contribution in [0.1, 0.15) is 15.9 Å². The highest BCUT2D eigenvalue weighted by Gasteiger charge is 2.17. The molecule has 0 saturated heterocycles. The molecule has 0 aliphatic rings. The zero-order valence-corrected chi connectivity index (χ0v) is 16.3.